The average molecular weight is 318 g/mol. The Morgan fingerprint density at radius 1 is 1.24 bits per heavy atom. The van der Waals surface area contributed by atoms with Crippen LogP contribution in [0.3, 0.4) is 0 Å². The number of nitrogens with one attached hydrogen (secondary N) is 2. The van der Waals surface area contributed by atoms with Gasteiger partial charge in [0.15, 0.2) is 0 Å². The highest BCUT2D eigenvalue weighted by Gasteiger charge is 2.21. The molecular weight excluding hydrogens is 292 g/mol. The summed E-state index contributed by atoms with van der Waals surface area (Å²) in [6.07, 6.45) is 3.02. The third kappa shape index (κ3) is 8.04. The number of hydrogen-bond donors (Lipinski definition) is 3. The molecule has 0 radical (unpaired) electrons. The zero-order valence-corrected chi connectivity index (χ0v) is 13.6. The number of rotatable bonds is 7. The third-order valence-electron chi connectivity index (χ3n) is 3.83. The Morgan fingerprint density at radius 3 is 2.43 bits per heavy atom. The van der Waals surface area contributed by atoms with E-state index in [9.17, 15) is 13.8 Å². The van der Waals surface area contributed by atoms with Crippen LogP contribution in [0.2, 0.25) is 0 Å². The van der Waals surface area contributed by atoms with E-state index in [1.54, 1.807) is 0 Å². The molecule has 0 aromatic carbocycles. The average Bonchev–Trinajstić information content (AvgIpc) is 2.39. The van der Waals surface area contributed by atoms with E-state index in [-0.39, 0.29) is 23.9 Å². The molecule has 0 saturated carbocycles. The Morgan fingerprint density at radius 2 is 1.86 bits per heavy atom. The summed E-state index contributed by atoms with van der Waals surface area (Å²) in [6.45, 7) is 4.54. The van der Waals surface area contributed by atoms with E-state index in [0.717, 1.165) is 19.3 Å². The monoisotopic (exact) mass is 318 g/mol. The van der Waals surface area contributed by atoms with Crippen LogP contribution in [0.5, 0.6) is 0 Å². The number of hydrogen-bond acceptors (Lipinski definition) is 3. The first kappa shape index (κ1) is 17.9. The zero-order valence-electron chi connectivity index (χ0n) is 12.8. The molecule has 1 aliphatic heterocycles. The molecule has 1 heterocycles. The van der Waals surface area contributed by atoms with Gasteiger partial charge in [-0.3, -0.25) is 9.00 Å². The van der Waals surface area contributed by atoms with Gasteiger partial charge >= 0.3 is 12.0 Å². The number of carboxylic acids is 1. The number of urea groups is 1. The van der Waals surface area contributed by atoms with Crippen molar-refractivity contribution >= 4 is 22.8 Å². The molecule has 3 N–H and O–H groups in total. The number of amides is 2. The van der Waals surface area contributed by atoms with Gasteiger partial charge in [0.25, 0.3) is 0 Å². The van der Waals surface area contributed by atoms with Gasteiger partial charge in [0.1, 0.15) is 0 Å². The molecule has 7 heteroatoms. The van der Waals surface area contributed by atoms with Crippen molar-refractivity contribution in [2.45, 2.75) is 52.0 Å². The summed E-state index contributed by atoms with van der Waals surface area (Å²) in [5.74, 6) is 0.531. The van der Waals surface area contributed by atoms with Crippen LogP contribution in [0.25, 0.3) is 0 Å². The molecule has 0 spiro atoms. The fourth-order valence-electron chi connectivity index (χ4n) is 2.26. The van der Waals surface area contributed by atoms with Gasteiger partial charge in [-0.25, -0.2) is 4.79 Å². The van der Waals surface area contributed by atoms with Crippen molar-refractivity contribution in [3.63, 3.8) is 0 Å². The maximum absolute atomic E-state index is 11.8. The molecule has 1 saturated heterocycles. The summed E-state index contributed by atoms with van der Waals surface area (Å²) in [5, 5.41) is 14.4. The minimum absolute atomic E-state index is 0.104. The van der Waals surface area contributed by atoms with E-state index < -0.39 is 16.8 Å². The van der Waals surface area contributed by atoms with Gasteiger partial charge in [0, 0.05) is 41.3 Å². The van der Waals surface area contributed by atoms with Crippen molar-refractivity contribution < 1.29 is 18.9 Å². The van der Waals surface area contributed by atoms with Gasteiger partial charge in [-0.05, 0) is 31.1 Å². The van der Waals surface area contributed by atoms with Crippen LogP contribution in [0, 0.1) is 5.41 Å². The standard InChI is InChI=1S/C14H26N2O4S/c1-14(2,6-3-12(17)18)7-8-15-13(19)16-11-4-9-21(20)10-5-11/h11H,3-10H2,1-2H3,(H,17,18)(H2,15,16,19). The van der Waals surface area contributed by atoms with Crippen LogP contribution < -0.4 is 10.6 Å². The maximum Gasteiger partial charge on any atom is 0.315 e. The molecule has 1 rings (SSSR count). The number of carboxylic acid groups (broad SMARTS) is 1. The van der Waals surface area contributed by atoms with Crippen LogP contribution in [-0.4, -0.2) is 45.4 Å². The number of carbonyl (C=O) groups is 2. The lowest BCUT2D eigenvalue weighted by Gasteiger charge is -2.25. The minimum Gasteiger partial charge on any atom is -0.481 e. The zero-order chi connectivity index (χ0) is 15.9. The minimum atomic E-state index is -0.788. The summed E-state index contributed by atoms with van der Waals surface area (Å²) in [5.41, 5.74) is -0.104. The normalized spacial score (nSPS) is 22.6. The molecule has 0 unspecified atom stereocenters. The Labute approximate surface area is 128 Å². The lowest BCUT2D eigenvalue weighted by Crippen LogP contribution is -2.45. The van der Waals surface area contributed by atoms with Crippen molar-refractivity contribution in [2.24, 2.45) is 5.41 Å². The molecule has 1 fully saturated rings. The van der Waals surface area contributed by atoms with Gasteiger partial charge in [-0.15, -0.1) is 0 Å². The molecular formula is C14H26N2O4S. The Balaban J connectivity index is 2.17. The molecule has 0 aromatic rings. The highest BCUT2D eigenvalue weighted by Crippen LogP contribution is 2.25. The first-order valence-corrected chi connectivity index (χ1v) is 8.88. The smallest absolute Gasteiger partial charge is 0.315 e. The first-order chi connectivity index (χ1) is 9.78. The molecule has 21 heavy (non-hydrogen) atoms. The van der Waals surface area contributed by atoms with Crippen molar-refractivity contribution in [1.29, 1.82) is 0 Å². The Hall–Kier alpha value is -1.11. The van der Waals surface area contributed by atoms with Gasteiger partial charge in [0.2, 0.25) is 0 Å². The van der Waals surface area contributed by atoms with Crippen molar-refractivity contribution in [3.05, 3.63) is 0 Å². The topological polar surface area (TPSA) is 95.5 Å². The summed E-state index contributed by atoms with van der Waals surface area (Å²) in [6, 6.07) is -0.0792. The van der Waals surface area contributed by atoms with Gasteiger partial charge in [0.05, 0.1) is 0 Å². The van der Waals surface area contributed by atoms with E-state index in [1.807, 2.05) is 13.8 Å². The van der Waals surface area contributed by atoms with Crippen LogP contribution >= 0.6 is 0 Å². The molecule has 1 aliphatic rings. The van der Waals surface area contributed by atoms with Crippen molar-refractivity contribution in [1.82, 2.24) is 10.6 Å². The van der Waals surface area contributed by atoms with Crippen LogP contribution in [0.15, 0.2) is 0 Å². The number of carbonyl (C=O) groups excluding carboxylic acids is 1. The molecule has 0 bridgehead atoms. The van der Waals surface area contributed by atoms with Gasteiger partial charge in [-0.1, -0.05) is 13.8 Å². The molecule has 0 atom stereocenters. The molecule has 6 nitrogen and oxygen atoms in total. The predicted octanol–water partition coefficient (Wildman–Crippen LogP) is 1.48. The second-order valence-corrected chi connectivity index (χ2v) is 8.03. The van der Waals surface area contributed by atoms with E-state index in [4.69, 9.17) is 5.11 Å². The predicted molar refractivity (Wildman–Crippen MR) is 82.7 cm³/mol. The molecule has 0 aromatic heterocycles. The molecule has 122 valence electrons. The van der Waals surface area contributed by atoms with E-state index >= 15 is 0 Å². The highest BCUT2D eigenvalue weighted by atomic mass is 32.2. The summed E-state index contributed by atoms with van der Waals surface area (Å²) >= 11 is 0. The molecule has 0 aliphatic carbocycles. The van der Waals surface area contributed by atoms with E-state index in [0.29, 0.717) is 24.5 Å². The van der Waals surface area contributed by atoms with E-state index in [1.165, 1.54) is 0 Å². The lowest BCUT2D eigenvalue weighted by atomic mass is 9.84. The summed E-state index contributed by atoms with van der Waals surface area (Å²) in [7, 11) is -0.719. The SMILES string of the molecule is CC(C)(CCNC(=O)NC1CCS(=O)CC1)CCC(=O)O. The fourth-order valence-corrected chi connectivity index (χ4v) is 3.56. The quantitative estimate of drug-likeness (QED) is 0.662. The van der Waals surface area contributed by atoms with Crippen molar-refractivity contribution in [2.75, 3.05) is 18.1 Å². The molecule has 2 amide bonds. The van der Waals surface area contributed by atoms with Gasteiger partial charge < -0.3 is 15.7 Å². The van der Waals surface area contributed by atoms with Crippen LogP contribution in [0.4, 0.5) is 4.79 Å². The second kappa shape index (κ2) is 8.36. The van der Waals surface area contributed by atoms with Crippen LogP contribution in [0.1, 0.15) is 46.0 Å². The fraction of sp³-hybridized carbons (Fsp3) is 0.857. The van der Waals surface area contributed by atoms with Crippen molar-refractivity contribution in [3.8, 4) is 0 Å². The highest BCUT2D eigenvalue weighted by molar-refractivity contribution is 7.85. The maximum atomic E-state index is 11.8. The van der Waals surface area contributed by atoms with E-state index in [2.05, 4.69) is 10.6 Å². The second-order valence-electron chi connectivity index (χ2n) is 6.33. The largest absolute Gasteiger partial charge is 0.481 e. The van der Waals surface area contributed by atoms with Gasteiger partial charge in [-0.2, -0.15) is 0 Å². The Kier molecular flexibility index (Phi) is 7.14. The summed E-state index contributed by atoms with van der Waals surface area (Å²) in [4.78, 5) is 22.3. The summed E-state index contributed by atoms with van der Waals surface area (Å²) < 4.78 is 11.2. The third-order valence-corrected chi connectivity index (χ3v) is 5.21. The van der Waals surface area contributed by atoms with Crippen LogP contribution in [-0.2, 0) is 15.6 Å². The Bertz CT molecular complexity index is 388. The number of aliphatic carboxylic acids is 1. The lowest BCUT2D eigenvalue weighted by molar-refractivity contribution is -0.137. The first-order valence-electron chi connectivity index (χ1n) is 7.40.